The number of thiazole rings is 1. The van der Waals surface area contributed by atoms with Gasteiger partial charge >= 0.3 is 5.97 Å². The van der Waals surface area contributed by atoms with E-state index in [-0.39, 0.29) is 5.97 Å². The highest BCUT2D eigenvalue weighted by atomic mass is 32.1. The molecule has 2 rings (SSSR count). The fourth-order valence-electron chi connectivity index (χ4n) is 1.99. The van der Waals surface area contributed by atoms with Gasteiger partial charge in [-0.05, 0) is 38.5 Å². The largest absolute Gasteiger partial charge is 0.487 e. The standard InChI is InChI=1S/C17H22N2O3S/c1-12-19-14(11-23-12)10-22-15-7-5-13(6-8-15)9-18-17(2,3)16(20)21-4/h5-8,11,18H,9-10H2,1-4H3. The van der Waals surface area contributed by atoms with Gasteiger partial charge in [0.2, 0.25) is 0 Å². The van der Waals surface area contributed by atoms with Crippen LogP contribution in [0, 0.1) is 6.92 Å². The number of nitrogens with zero attached hydrogens (tertiary/aromatic N) is 1. The van der Waals surface area contributed by atoms with Crippen LogP contribution in [0.1, 0.15) is 30.1 Å². The van der Waals surface area contributed by atoms with Crippen LogP contribution >= 0.6 is 11.3 Å². The van der Waals surface area contributed by atoms with E-state index in [1.54, 1.807) is 25.2 Å². The predicted molar refractivity (Wildman–Crippen MR) is 90.6 cm³/mol. The van der Waals surface area contributed by atoms with E-state index in [4.69, 9.17) is 9.47 Å². The lowest BCUT2D eigenvalue weighted by atomic mass is 10.1. The van der Waals surface area contributed by atoms with Gasteiger partial charge in [-0.15, -0.1) is 11.3 Å². The van der Waals surface area contributed by atoms with Crippen molar-refractivity contribution < 1.29 is 14.3 Å². The van der Waals surface area contributed by atoms with E-state index < -0.39 is 5.54 Å². The molecule has 0 saturated heterocycles. The molecule has 0 saturated carbocycles. The van der Waals surface area contributed by atoms with Crippen LogP contribution in [0.3, 0.4) is 0 Å². The second kappa shape index (κ2) is 7.57. The Labute approximate surface area is 140 Å². The fraction of sp³-hybridized carbons (Fsp3) is 0.412. The van der Waals surface area contributed by atoms with Crippen LogP contribution in [-0.4, -0.2) is 23.6 Å². The van der Waals surface area contributed by atoms with E-state index in [0.29, 0.717) is 13.2 Å². The summed E-state index contributed by atoms with van der Waals surface area (Å²) < 4.78 is 10.5. The fourth-order valence-corrected chi connectivity index (χ4v) is 2.58. The Morgan fingerprint density at radius 2 is 2.00 bits per heavy atom. The minimum Gasteiger partial charge on any atom is -0.487 e. The Hall–Kier alpha value is -1.92. The van der Waals surface area contributed by atoms with Crippen LogP contribution in [0.25, 0.3) is 0 Å². The van der Waals surface area contributed by atoms with Crippen molar-refractivity contribution in [1.82, 2.24) is 10.3 Å². The zero-order valence-corrected chi connectivity index (χ0v) is 14.7. The van der Waals surface area contributed by atoms with Crippen molar-refractivity contribution in [3.05, 3.63) is 45.9 Å². The molecule has 0 fully saturated rings. The minimum atomic E-state index is -0.716. The third-order valence-electron chi connectivity index (χ3n) is 3.41. The van der Waals surface area contributed by atoms with Crippen molar-refractivity contribution in [2.24, 2.45) is 0 Å². The van der Waals surface area contributed by atoms with Crippen LogP contribution in [0.4, 0.5) is 0 Å². The maximum atomic E-state index is 11.6. The number of aromatic nitrogens is 1. The average molecular weight is 334 g/mol. The van der Waals surface area contributed by atoms with E-state index in [1.165, 1.54) is 7.11 Å². The third-order valence-corrected chi connectivity index (χ3v) is 4.23. The van der Waals surface area contributed by atoms with Gasteiger partial charge < -0.3 is 9.47 Å². The molecule has 0 spiro atoms. The molecule has 0 aliphatic rings. The van der Waals surface area contributed by atoms with Gasteiger partial charge in [0.05, 0.1) is 17.8 Å². The minimum absolute atomic E-state index is 0.281. The summed E-state index contributed by atoms with van der Waals surface area (Å²) in [6, 6.07) is 7.78. The highest BCUT2D eigenvalue weighted by Gasteiger charge is 2.27. The van der Waals surface area contributed by atoms with Crippen molar-refractivity contribution in [2.75, 3.05) is 7.11 Å². The van der Waals surface area contributed by atoms with Gasteiger partial charge in [-0.25, -0.2) is 4.98 Å². The summed E-state index contributed by atoms with van der Waals surface area (Å²) in [6.07, 6.45) is 0. The summed E-state index contributed by atoms with van der Waals surface area (Å²) in [5, 5.41) is 6.22. The normalized spacial score (nSPS) is 11.3. The highest BCUT2D eigenvalue weighted by Crippen LogP contribution is 2.16. The molecule has 0 aliphatic carbocycles. The maximum Gasteiger partial charge on any atom is 0.325 e. The van der Waals surface area contributed by atoms with Crippen LogP contribution in [0.2, 0.25) is 0 Å². The summed E-state index contributed by atoms with van der Waals surface area (Å²) in [6.45, 7) is 6.62. The number of hydrogen-bond acceptors (Lipinski definition) is 6. The monoisotopic (exact) mass is 334 g/mol. The van der Waals surface area contributed by atoms with Gasteiger partial charge in [-0.3, -0.25) is 10.1 Å². The lowest BCUT2D eigenvalue weighted by Crippen LogP contribution is -2.46. The molecule has 6 heteroatoms. The molecule has 0 bridgehead atoms. The Balaban J connectivity index is 1.85. The smallest absolute Gasteiger partial charge is 0.325 e. The average Bonchev–Trinajstić information content (AvgIpc) is 2.96. The molecule has 1 heterocycles. The maximum absolute atomic E-state index is 11.6. The van der Waals surface area contributed by atoms with Gasteiger partial charge in [0.1, 0.15) is 17.9 Å². The molecule has 124 valence electrons. The van der Waals surface area contributed by atoms with E-state index in [9.17, 15) is 4.79 Å². The van der Waals surface area contributed by atoms with Gasteiger partial charge in [-0.1, -0.05) is 12.1 Å². The number of rotatable bonds is 7. The van der Waals surface area contributed by atoms with Crippen molar-refractivity contribution in [3.63, 3.8) is 0 Å². The number of methoxy groups -OCH3 is 1. The number of hydrogen-bond donors (Lipinski definition) is 1. The topological polar surface area (TPSA) is 60.5 Å². The van der Waals surface area contributed by atoms with Gasteiger partial charge in [0.15, 0.2) is 0 Å². The lowest BCUT2D eigenvalue weighted by Gasteiger charge is -2.23. The lowest BCUT2D eigenvalue weighted by molar-refractivity contribution is -0.147. The first kappa shape index (κ1) is 17.4. The molecule has 0 atom stereocenters. The number of esters is 1. The van der Waals surface area contributed by atoms with Crippen molar-refractivity contribution in [3.8, 4) is 5.75 Å². The second-order valence-corrected chi connectivity index (χ2v) is 6.82. The van der Waals surface area contributed by atoms with Crippen LogP contribution in [-0.2, 0) is 22.7 Å². The molecule has 1 aromatic heterocycles. The van der Waals surface area contributed by atoms with Crippen molar-refractivity contribution in [1.29, 1.82) is 0 Å². The number of carbonyl (C=O) groups is 1. The summed E-state index contributed by atoms with van der Waals surface area (Å²) >= 11 is 1.62. The Morgan fingerprint density at radius 3 is 2.57 bits per heavy atom. The van der Waals surface area contributed by atoms with Crippen LogP contribution in [0.15, 0.2) is 29.6 Å². The van der Waals surface area contributed by atoms with E-state index in [2.05, 4.69) is 10.3 Å². The molecule has 1 aromatic carbocycles. The summed E-state index contributed by atoms with van der Waals surface area (Å²) in [5.74, 6) is 0.516. The molecule has 0 amide bonds. The number of aryl methyl sites for hydroxylation is 1. The SMILES string of the molecule is COC(=O)C(C)(C)NCc1ccc(OCc2csc(C)n2)cc1. The zero-order valence-electron chi connectivity index (χ0n) is 13.9. The Morgan fingerprint density at radius 1 is 1.30 bits per heavy atom. The summed E-state index contributed by atoms with van der Waals surface area (Å²) in [4.78, 5) is 16.0. The first-order chi connectivity index (χ1) is 10.9. The molecule has 1 N–H and O–H groups in total. The van der Waals surface area contributed by atoms with Gasteiger partial charge in [0, 0.05) is 11.9 Å². The molecule has 0 unspecified atom stereocenters. The number of carbonyl (C=O) groups excluding carboxylic acids is 1. The molecule has 0 radical (unpaired) electrons. The van der Waals surface area contributed by atoms with Gasteiger partial charge in [-0.2, -0.15) is 0 Å². The Kier molecular flexibility index (Phi) is 5.74. The summed E-state index contributed by atoms with van der Waals surface area (Å²) in [5.41, 5.74) is 1.30. The predicted octanol–water partition coefficient (Wildman–Crippen LogP) is 3.07. The molecule has 23 heavy (non-hydrogen) atoms. The first-order valence-corrected chi connectivity index (χ1v) is 8.25. The van der Waals surface area contributed by atoms with Gasteiger partial charge in [0.25, 0.3) is 0 Å². The first-order valence-electron chi connectivity index (χ1n) is 7.37. The number of benzene rings is 1. The van der Waals surface area contributed by atoms with Crippen molar-refractivity contribution >= 4 is 17.3 Å². The van der Waals surface area contributed by atoms with Crippen LogP contribution < -0.4 is 10.1 Å². The second-order valence-electron chi connectivity index (χ2n) is 5.76. The third kappa shape index (κ3) is 5.04. The summed E-state index contributed by atoms with van der Waals surface area (Å²) in [7, 11) is 1.39. The highest BCUT2D eigenvalue weighted by molar-refractivity contribution is 7.09. The molecule has 2 aromatic rings. The molecular weight excluding hydrogens is 312 g/mol. The molecular formula is C17H22N2O3S. The molecule has 5 nitrogen and oxygen atoms in total. The zero-order chi connectivity index (χ0) is 16.9. The van der Waals surface area contributed by atoms with Crippen LogP contribution in [0.5, 0.6) is 5.75 Å². The number of nitrogens with one attached hydrogen (secondary N) is 1. The van der Waals surface area contributed by atoms with Crippen molar-refractivity contribution in [2.45, 2.75) is 39.5 Å². The quantitative estimate of drug-likeness (QED) is 0.789. The van der Waals surface area contributed by atoms with E-state index in [1.807, 2.05) is 36.6 Å². The Bertz CT molecular complexity index is 650. The number of ether oxygens (including phenoxy) is 2. The van der Waals surface area contributed by atoms with E-state index >= 15 is 0 Å². The molecule has 0 aliphatic heterocycles. The van der Waals surface area contributed by atoms with E-state index in [0.717, 1.165) is 22.0 Å².